The van der Waals surface area contributed by atoms with Gasteiger partial charge in [0.2, 0.25) is 0 Å². The minimum atomic E-state index is -0.950. The predicted octanol–water partition coefficient (Wildman–Crippen LogP) is 4.13. The molecule has 0 aliphatic rings. The Labute approximate surface area is 114 Å². The van der Waals surface area contributed by atoms with Gasteiger partial charge in [-0.05, 0) is 18.6 Å². The summed E-state index contributed by atoms with van der Waals surface area (Å²) in [6.07, 6.45) is 8.68. The van der Waals surface area contributed by atoms with Gasteiger partial charge in [-0.1, -0.05) is 50.8 Å². The first-order valence-electron chi connectivity index (χ1n) is 6.87. The fourth-order valence-electron chi connectivity index (χ4n) is 1.80. The van der Waals surface area contributed by atoms with Crippen molar-refractivity contribution in [2.24, 2.45) is 0 Å². The minimum Gasteiger partial charge on any atom is -0.493 e. The van der Waals surface area contributed by atoms with E-state index in [1.54, 1.807) is 6.08 Å². The molecule has 1 aromatic rings. The molecule has 19 heavy (non-hydrogen) atoms. The number of carbonyl (C=O) groups is 1. The van der Waals surface area contributed by atoms with Gasteiger partial charge in [-0.25, -0.2) is 4.79 Å². The van der Waals surface area contributed by atoms with Crippen molar-refractivity contribution in [1.29, 1.82) is 0 Å². The number of hydrogen-bond acceptors (Lipinski definition) is 2. The van der Waals surface area contributed by atoms with E-state index in [0.29, 0.717) is 6.61 Å². The molecule has 0 aromatic heterocycles. The van der Waals surface area contributed by atoms with Crippen molar-refractivity contribution in [3.05, 3.63) is 35.9 Å². The highest BCUT2D eigenvalue weighted by atomic mass is 16.5. The fraction of sp³-hybridized carbons (Fsp3) is 0.438. The molecule has 3 heteroatoms. The van der Waals surface area contributed by atoms with Crippen LogP contribution in [0.5, 0.6) is 5.75 Å². The van der Waals surface area contributed by atoms with Gasteiger partial charge in [0.1, 0.15) is 5.75 Å². The highest BCUT2D eigenvalue weighted by Gasteiger charge is 2.00. The van der Waals surface area contributed by atoms with Gasteiger partial charge in [0, 0.05) is 11.6 Å². The number of aliphatic carboxylic acids is 1. The van der Waals surface area contributed by atoms with Crippen molar-refractivity contribution in [2.45, 2.75) is 39.0 Å². The standard InChI is InChI=1S/C16H22O3/c1-2-3-4-5-8-13-19-15-10-7-6-9-14(15)11-12-16(17)18/h6-7,9-12H,2-5,8,13H2,1H3,(H,17,18). The molecule has 0 heterocycles. The van der Waals surface area contributed by atoms with Gasteiger partial charge in [-0.3, -0.25) is 0 Å². The van der Waals surface area contributed by atoms with Crippen LogP contribution in [0.2, 0.25) is 0 Å². The Hall–Kier alpha value is -1.77. The van der Waals surface area contributed by atoms with E-state index in [1.807, 2.05) is 24.3 Å². The Morgan fingerprint density at radius 2 is 1.95 bits per heavy atom. The third-order valence-corrected chi connectivity index (χ3v) is 2.83. The number of ether oxygens (including phenoxy) is 1. The number of hydrogen-bond donors (Lipinski definition) is 1. The molecule has 0 bridgehead atoms. The molecule has 0 radical (unpaired) electrons. The van der Waals surface area contributed by atoms with Gasteiger partial charge in [0.15, 0.2) is 0 Å². The maximum absolute atomic E-state index is 10.5. The van der Waals surface area contributed by atoms with E-state index >= 15 is 0 Å². The highest BCUT2D eigenvalue weighted by molar-refractivity contribution is 5.85. The van der Waals surface area contributed by atoms with Gasteiger partial charge < -0.3 is 9.84 Å². The zero-order valence-electron chi connectivity index (χ0n) is 11.5. The van der Waals surface area contributed by atoms with Gasteiger partial charge in [-0.15, -0.1) is 0 Å². The number of unbranched alkanes of at least 4 members (excludes halogenated alkanes) is 4. The summed E-state index contributed by atoms with van der Waals surface area (Å²) in [7, 11) is 0. The van der Waals surface area contributed by atoms with Crippen molar-refractivity contribution in [3.8, 4) is 5.75 Å². The largest absolute Gasteiger partial charge is 0.493 e. The van der Waals surface area contributed by atoms with Crippen molar-refractivity contribution in [2.75, 3.05) is 6.61 Å². The molecule has 0 spiro atoms. The highest BCUT2D eigenvalue weighted by Crippen LogP contribution is 2.19. The molecule has 1 rings (SSSR count). The van der Waals surface area contributed by atoms with Crippen LogP contribution in [0.25, 0.3) is 6.08 Å². The molecule has 0 saturated carbocycles. The van der Waals surface area contributed by atoms with Crippen LogP contribution in [0.1, 0.15) is 44.6 Å². The lowest BCUT2D eigenvalue weighted by Crippen LogP contribution is -1.99. The van der Waals surface area contributed by atoms with Crippen LogP contribution in [0, 0.1) is 0 Å². The molecule has 0 aliphatic heterocycles. The Bertz CT molecular complexity index is 410. The molecule has 0 aliphatic carbocycles. The third-order valence-electron chi connectivity index (χ3n) is 2.83. The lowest BCUT2D eigenvalue weighted by molar-refractivity contribution is -0.131. The van der Waals surface area contributed by atoms with E-state index in [-0.39, 0.29) is 0 Å². The summed E-state index contributed by atoms with van der Waals surface area (Å²) >= 11 is 0. The van der Waals surface area contributed by atoms with Crippen LogP contribution in [-0.4, -0.2) is 17.7 Å². The lowest BCUT2D eigenvalue weighted by Gasteiger charge is -2.08. The first kappa shape index (κ1) is 15.3. The summed E-state index contributed by atoms with van der Waals surface area (Å²) in [4.78, 5) is 10.5. The SMILES string of the molecule is CCCCCCCOc1ccccc1C=CC(=O)O. The topological polar surface area (TPSA) is 46.5 Å². The number of carboxylic acid groups (broad SMARTS) is 1. The van der Waals surface area contributed by atoms with Crippen LogP contribution >= 0.6 is 0 Å². The molecule has 0 amide bonds. The molecule has 104 valence electrons. The zero-order chi connectivity index (χ0) is 13.9. The predicted molar refractivity (Wildman–Crippen MR) is 77.4 cm³/mol. The summed E-state index contributed by atoms with van der Waals surface area (Å²) in [6, 6.07) is 7.49. The lowest BCUT2D eigenvalue weighted by atomic mass is 10.1. The molecule has 3 nitrogen and oxygen atoms in total. The Morgan fingerprint density at radius 3 is 2.68 bits per heavy atom. The molecule has 1 N–H and O–H groups in total. The Kier molecular flexibility index (Phi) is 7.40. The van der Waals surface area contributed by atoms with Crippen molar-refractivity contribution in [3.63, 3.8) is 0 Å². The van der Waals surface area contributed by atoms with E-state index in [4.69, 9.17) is 9.84 Å². The summed E-state index contributed by atoms with van der Waals surface area (Å²) in [6.45, 7) is 2.88. The summed E-state index contributed by atoms with van der Waals surface area (Å²) in [5.74, 6) is -0.204. The fourth-order valence-corrected chi connectivity index (χ4v) is 1.80. The summed E-state index contributed by atoms with van der Waals surface area (Å²) in [5, 5.41) is 8.63. The van der Waals surface area contributed by atoms with Gasteiger partial charge in [-0.2, -0.15) is 0 Å². The molecule has 1 aromatic carbocycles. The van der Waals surface area contributed by atoms with Crippen LogP contribution < -0.4 is 4.74 Å². The molecular formula is C16H22O3. The average Bonchev–Trinajstić information content (AvgIpc) is 2.41. The zero-order valence-corrected chi connectivity index (χ0v) is 11.5. The van der Waals surface area contributed by atoms with E-state index in [2.05, 4.69) is 6.92 Å². The van der Waals surface area contributed by atoms with Gasteiger partial charge in [0.05, 0.1) is 6.61 Å². The van der Waals surface area contributed by atoms with Crippen molar-refractivity contribution in [1.82, 2.24) is 0 Å². The van der Waals surface area contributed by atoms with Gasteiger partial charge >= 0.3 is 5.97 Å². The molecule has 0 saturated heterocycles. The molecule has 0 unspecified atom stereocenters. The Morgan fingerprint density at radius 1 is 1.21 bits per heavy atom. The van der Waals surface area contributed by atoms with Crippen LogP contribution in [0.3, 0.4) is 0 Å². The average molecular weight is 262 g/mol. The van der Waals surface area contributed by atoms with E-state index in [1.165, 1.54) is 25.7 Å². The maximum atomic E-state index is 10.5. The first-order valence-corrected chi connectivity index (χ1v) is 6.87. The van der Waals surface area contributed by atoms with Crippen LogP contribution in [0.4, 0.5) is 0 Å². The third kappa shape index (κ3) is 6.65. The number of rotatable bonds is 9. The van der Waals surface area contributed by atoms with E-state index < -0.39 is 5.97 Å². The minimum absolute atomic E-state index is 0.682. The molecular weight excluding hydrogens is 240 g/mol. The maximum Gasteiger partial charge on any atom is 0.328 e. The van der Waals surface area contributed by atoms with Gasteiger partial charge in [0.25, 0.3) is 0 Å². The quantitative estimate of drug-likeness (QED) is 0.537. The number of carboxylic acids is 1. The smallest absolute Gasteiger partial charge is 0.328 e. The van der Waals surface area contributed by atoms with E-state index in [9.17, 15) is 4.79 Å². The summed E-state index contributed by atoms with van der Waals surface area (Å²) in [5.41, 5.74) is 0.804. The normalized spacial score (nSPS) is 10.8. The van der Waals surface area contributed by atoms with Crippen LogP contribution in [-0.2, 0) is 4.79 Å². The monoisotopic (exact) mass is 262 g/mol. The van der Waals surface area contributed by atoms with E-state index in [0.717, 1.165) is 23.8 Å². The van der Waals surface area contributed by atoms with Crippen LogP contribution in [0.15, 0.2) is 30.3 Å². The number of para-hydroxylation sites is 1. The first-order chi connectivity index (χ1) is 9.24. The van der Waals surface area contributed by atoms with Crippen molar-refractivity contribution < 1.29 is 14.6 Å². The molecule has 0 fully saturated rings. The van der Waals surface area contributed by atoms with Crippen molar-refractivity contribution >= 4 is 12.0 Å². The second-order valence-electron chi connectivity index (χ2n) is 4.47. The Balaban J connectivity index is 2.42. The summed E-state index contributed by atoms with van der Waals surface area (Å²) < 4.78 is 5.71. The second-order valence-corrected chi connectivity index (χ2v) is 4.47. The number of benzene rings is 1. The second kappa shape index (κ2) is 9.20. The molecule has 0 atom stereocenters.